The third kappa shape index (κ3) is 2.93. The molecule has 31 heavy (non-hydrogen) atoms. The number of rotatable bonds is 4. The van der Waals surface area contributed by atoms with Crippen molar-refractivity contribution in [2.75, 3.05) is 0 Å². The van der Waals surface area contributed by atoms with Gasteiger partial charge in [-0.3, -0.25) is 4.57 Å². The van der Waals surface area contributed by atoms with Crippen molar-refractivity contribution in [2.24, 2.45) is 5.73 Å². The number of aromatic amines is 1. The van der Waals surface area contributed by atoms with Gasteiger partial charge in [0.2, 0.25) is 0 Å². The van der Waals surface area contributed by atoms with Crippen LogP contribution in [0.3, 0.4) is 0 Å². The molecule has 1 fully saturated rings. The van der Waals surface area contributed by atoms with Crippen molar-refractivity contribution in [3.63, 3.8) is 0 Å². The summed E-state index contributed by atoms with van der Waals surface area (Å²) in [5.41, 5.74) is 10.9. The second kappa shape index (κ2) is 6.85. The maximum atomic E-state index is 6.52. The molecule has 0 saturated heterocycles. The third-order valence-corrected chi connectivity index (χ3v) is 6.09. The van der Waals surface area contributed by atoms with E-state index in [9.17, 15) is 0 Å². The molecule has 6 rings (SSSR count). The van der Waals surface area contributed by atoms with Crippen LogP contribution in [0, 0.1) is 0 Å². The zero-order chi connectivity index (χ0) is 20.8. The fraction of sp³-hybridized carbons (Fsp3) is 0.167. The zero-order valence-corrected chi connectivity index (χ0v) is 16.9. The predicted molar refractivity (Wildman–Crippen MR) is 119 cm³/mol. The molecule has 3 N–H and O–H groups in total. The normalized spacial score (nSPS) is 15.1. The van der Waals surface area contributed by atoms with Crippen molar-refractivity contribution in [3.8, 4) is 28.7 Å². The molecule has 1 saturated carbocycles. The minimum atomic E-state index is -0.192. The molecule has 1 aliphatic carbocycles. The van der Waals surface area contributed by atoms with Gasteiger partial charge in [-0.05, 0) is 37.0 Å². The Kier molecular flexibility index (Phi) is 3.97. The van der Waals surface area contributed by atoms with Gasteiger partial charge >= 0.3 is 0 Å². The van der Waals surface area contributed by atoms with Gasteiger partial charge in [-0.25, -0.2) is 19.9 Å². The SMILES string of the molecule is NC1(c2ccc(-n3c(-c4ncc[nH]4)nc4cnc(-c5ccccc5)nc43)cc2)CCC1. The third-order valence-electron chi connectivity index (χ3n) is 6.09. The van der Waals surface area contributed by atoms with E-state index in [4.69, 9.17) is 15.7 Å². The van der Waals surface area contributed by atoms with E-state index in [2.05, 4.69) is 39.2 Å². The summed E-state index contributed by atoms with van der Waals surface area (Å²) in [5.74, 6) is 2.03. The number of aromatic nitrogens is 6. The lowest BCUT2D eigenvalue weighted by molar-refractivity contribution is 0.253. The van der Waals surface area contributed by atoms with Gasteiger partial charge in [0.25, 0.3) is 0 Å². The Morgan fingerprint density at radius 3 is 2.42 bits per heavy atom. The molecule has 3 aromatic heterocycles. The number of fused-ring (bicyclic) bond motifs is 1. The Balaban J connectivity index is 1.54. The Morgan fingerprint density at radius 2 is 1.74 bits per heavy atom. The maximum absolute atomic E-state index is 6.52. The van der Waals surface area contributed by atoms with E-state index >= 15 is 0 Å². The number of nitrogens with two attached hydrogens (primary N) is 1. The molecule has 0 atom stereocenters. The molecule has 0 amide bonds. The molecule has 5 aromatic rings. The topological polar surface area (TPSA) is 98.3 Å². The van der Waals surface area contributed by atoms with Gasteiger partial charge < -0.3 is 10.7 Å². The van der Waals surface area contributed by atoms with Crippen LogP contribution in [0.1, 0.15) is 24.8 Å². The van der Waals surface area contributed by atoms with Crippen LogP contribution in [0.25, 0.3) is 39.9 Å². The highest BCUT2D eigenvalue weighted by molar-refractivity contribution is 5.79. The lowest BCUT2D eigenvalue weighted by atomic mass is 9.73. The summed E-state index contributed by atoms with van der Waals surface area (Å²) in [6.45, 7) is 0. The molecule has 0 aliphatic heterocycles. The molecule has 152 valence electrons. The molecule has 0 radical (unpaired) electrons. The number of imidazole rings is 2. The van der Waals surface area contributed by atoms with Gasteiger partial charge in [0.05, 0.1) is 6.20 Å². The van der Waals surface area contributed by atoms with Crippen molar-refractivity contribution in [1.82, 2.24) is 29.5 Å². The monoisotopic (exact) mass is 407 g/mol. The highest BCUT2D eigenvalue weighted by Crippen LogP contribution is 2.39. The van der Waals surface area contributed by atoms with E-state index in [0.29, 0.717) is 23.0 Å². The van der Waals surface area contributed by atoms with Crippen LogP contribution in [0.5, 0.6) is 0 Å². The van der Waals surface area contributed by atoms with Gasteiger partial charge in [0.1, 0.15) is 5.52 Å². The molecule has 7 heteroatoms. The maximum Gasteiger partial charge on any atom is 0.183 e. The van der Waals surface area contributed by atoms with Crippen molar-refractivity contribution >= 4 is 11.2 Å². The fourth-order valence-electron chi connectivity index (χ4n) is 4.18. The van der Waals surface area contributed by atoms with Crippen LogP contribution >= 0.6 is 0 Å². The molecular weight excluding hydrogens is 386 g/mol. The van der Waals surface area contributed by atoms with Gasteiger partial charge in [-0.15, -0.1) is 0 Å². The Labute approximate surface area is 179 Å². The molecule has 1 aliphatic rings. The Hall–Kier alpha value is -3.84. The molecular formula is C24H21N7. The van der Waals surface area contributed by atoms with E-state index in [0.717, 1.165) is 29.7 Å². The number of nitrogens with zero attached hydrogens (tertiary/aromatic N) is 5. The van der Waals surface area contributed by atoms with E-state index in [-0.39, 0.29) is 5.54 Å². The van der Waals surface area contributed by atoms with Gasteiger partial charge in [-0.1, -0.05) is 42.5 Å². The molecule has 3 heterocycles. The first kappa shape index (κ1) is 18.0. The first-order chi connectivity index (χ1) is 15.2. The largest absolute Gasteiger partial charge is 0.342 e. The Morgan fingerprint density at radius 1 is 0.935 bits per heavy atom. The highest BCUT2D eigenvalue weighted by atomic mass is 15.2. The first-order valence-corrected chi connectivity index (χ1v) is 10.4. The van der Waals surface area contributed by atoms with E-state index in [1.165, 1.54) is 12.0 Å². The Bertz CT molecular complexity index is 1350. The smallest absolute Gasteiger partial charge is 0.183 e. The zero-order valence-electron chi connectivity index (χ0n) is 16.9. The average Bonchev–Trinajstić information content (AvgIpc) is 3.45. The lowest BCUT2D eigenvalue weighted by Gasteiger charge is -2.38. The number of hydrogen-bond donors (Lipinski definition) is 2. The van der Waals surface area contributed by atoms with Gasteiger partial charge in [0, 0.05) is 29.2 Å². The van der Waals surface area contributed by atoms with E-state index in [1.54, 1.807) is 18.6 Å². The number of H-pyrrole nitrogens is 1. The van der Waals surface area contributed by atoms with Gasteiger partial charge in [0.15, 0.2) is 23.1 Å². The van der Waals surface area contributed by atoms with E-state index in [1.807, 2.05) is 34.9 Å². The van der Waals surface area contributed by atoms with Crippen LogP contribution in [0.4, 0.5) is 0 Å². The standard InChI is InChI=1S/C24H21N7/c25-24(11-4-12-24)17-7-9-18(10-8-17)31-22-19(29-23(31)21-26-13-14-27-21)15-28-20(30-22)16-5-2-1-3-6-16/h1-3,5-10,13-15H,4,11-12,25H2,(H,26,27). The summed E-state index contributed by atoms with van der Waals surface area (Å²) < 4.78 is 2.02. The first-order valence-electron chi connectivity index (χ1n) is 10.4. The summed E-state index contributed by atoms with van der Waals surface area (Å²) in [6, 6.07) is 18.4. The minimum absolute atomic E-state index is 0.192. The molecule has 0 spiro atoms. The second-order valence-electron chi connectivity index (χ2n) is 8.03. The average molecular weight is 407 g/mol. The van der Waals surface area contributed by atoms with Crippen molar-refractivity contribution in [2.45, 2.75) is 24.8 Å². The van der Waals surface area contributed by atoms with Crippen LogP contribution in [-0.4, -0.2) is 29.5 Å². The summed E-state index contributed by atoms with van der Waals surface area (Å²) in [5, 5.41) is 0. The predicted octanol–water partition coefficient (Wildman–Crippen LogP) is 4.21. The van der Waals surface area contributed by atoms with Crippen LogP contribution in [0.15, 0.2) is 73.2 Å². The summed E-state index contributed by atoms with van der Waals surface area (Å²) in [4.78, 5) is 21.8. The van der Waals surface area contributed by atoms with Crippen molar-refractivity contribution in [1.29, 1.82) is 0 Å². The summed E-state index contributed by atoms with van der Waals surface area (Å²) in [6.07, 6.45) is 8.53. The quantitative estimate of drug-likeness (QED) is 0.465. The molecule has 2 aromatic carbocycles. The minimum Gasteiger partial charge on any atom is -0.342 e. The van der Waals surface area contributed by atoms with Crippen molar-refractivity contribution in [3.05, 3.63) is 78.8 Å². The fourth-order valence-corrected chi connectivity index (χ4v) is 4.18. The number of hydrogen-bond acceptors (Lipinski definition) is 5. The summed E-state index contributed by atoms with van der Waals surface area (Å²) >= 11 is 0. The second-order valence-corrected chi connectivity index (χ2v) is 8.03. The number of nitrogens with one attached hydrogen (secondary N) is 1. The van der Waals surface area contributed by atoms with E-state index < -0.39 is 0 Å². The van der Waals surface area contributed by atoms with Crippen molar-refractivity contribution < 1.29 is 0 Å². The molecule has 7 nitrogen and oxygen atoms in total. The highest BCUT2D eigenvalue weighted by Gasteiger charge is 2.34. The summed E-state index contributed by atoms with van der Waals surface area (Å²) in [7, 11) is 0. The molecule has 0 unspecified atom stereocenters. The van der Waals surface area contributed by atoms with Crippen LogP contribution in [0.2, 0.25) is 0 Å². The number of benzene rings is 2. The van der Waals surface area contributed by atoms with Gasteiger partial charge in [-0.2, -0.15) is 0 Å². The van der Waals surface area contributed by atoms with Crippen LogP contribution < -0.4 is 5.73 Å². The lowest BCUT2D eigenvalue weighted by Crippen LogP contribution is -2.43. The molecule has 0 bridgehead atoms. The van der Waals surface area contributed by atoms with Crippen LogP contribution in [-0.2, 0) is 5.54 Å².